The third kappa shape index (κ3) is 33.0. The van der Waals surface area contributed by atoms with Crippen molar-refractivity contribution in [1.82, 2.24) is 5.32 Å². The second-order valence-electron chi connectivity index (χ2n) is 4.29. The van der Waals surface area contributed by atoms with E-state index in [-0.39, 0.29) is 7.33 Å². The summed E-state index contributed by atoms with van der Waals surface area (Å²) in [7, 11) is 0. The zero-order valence-electron chi connectivity index (χ0n) is 16.8. The summed E-state index contributed by atoms with van der Waals surface area (Å²) in [4.78, 5) is 10.6. The number of hydrogen-bond donors (Lipinski definition) is 1. The highest BCUT2D eigenvalue weighted by Gasteiger charge is 1.93. The molecule has 1 amide bonds. The zero-order chi connectivity index (χ0) is 18.9. The number of unbranched alkanes of at least 4 members (excludes halogenated alkanes) is 1. The first kappa shape index (κ1) is 28.1. The van der Waals surface area contributed by atoms with Crippen LogP contribution < -0.4 is 5.32 Å². The van der Waals surface area contributed by atoms with Gasteiger partial charge in [0.2, 0.25) is 5.91 Å². The fraction of sp³-hybridized carbons (Fsp3) is 0.944. The lowest BCUT2D eigenvalue weighted by Crippen LogP contribution is -2.25. The average molecular weight is 354 g/mol. The Bertz CT molecular complexity index is 222. The van der Waals surface area contributed by atoms with Gasteiger partial charge in [-0.25, -0.2) is 0 Å². The Morgan fingerprint density at radius 3 is 1.50 bits per heavy atom. The van der Waals surface area contributed by atoms with Crippen molar-refractivity contribution in [1.29, 1.82) is 0 Å². The van der Waals surface area contributed by atoms with E-state index >= 15 is 0 Å². The Balaban J connectivity index is -0.000000408. The molecule has 0 rings (SSSR count). The molecule has 0 fully saturated rings. The molecule has 0 atom stereocenters. The molecule has 1 N–H and O–H groups in total. The molecule has 0 aliphatic rings. The molecule has 6 heteroatoms. The second kappa shape index (κ2) is 30.2. The van der Waals surface area contributed by atoms with Gasteiger partial charge in [-0.3, -0.25) is 4.79 Å². The van der Waals surface area contributed by atoms with Crippen LogP contribution in [0.15, 0.2) is 0 Å². The number of amides is 1. The van der Waals surface area contributed by atoms with Crippen LogP contribution in [-0.4, -0.2) is 65.3 Å². The molecule has 0 aliphatic heterocycles. The minimum atomic E-state index is -0.0410. The van der Waals surface area contributed by atoms with E-state index in [0.717, 1.165) is 19.4 Å². The summed E-state index contributed by atoms with van der Waals surface area (Å²) in [5.41, 5.74) is 0. The highest BCUT2D eigenvalue weighted by atomic mass is 16.6. The summed E-state index contributed by atoms with van der Waals surface area (Å²) in [6, 6.07) is 0. The molecule has 0 saturated heterocycles. The monoisotopic (exact) mass is 353 g/mol. The van der Waals surface area contributed by atoms with E-state index in [0.29, 0.717) is 52.8 Å². The van der Waals surface area contributed by atoms with Gasteiger partial charge >= 0.3 is 0 Å². The van der Waals surface area contributed by atoms with Crippen molar-refractivity contribution < 1.29 is 25.2 Å². The Morgan fingerprint density at radius 1 is 0.750 bits per heavy atom. The molecule has 0 bridgehead atoms. The number of ether oxygens (including phenoxy) is 4. The van der Waals surface area contributed by atoms with Crippen LogP contribution in [-0.2, 0) is 23.7 Å². The molecule has 0 spiro atoms. The van der Waals surface area contributed by atoms with E-state index in [2.05, 4.69) is 12.2 Å². The van der Waals surface area contributed by atoms with Crippen LogP contribution in [0.25, 0.3) is 0 Å². The molecule has 0 heterocycles. The van der Waals surface area contributed by atoms with Crippen molar-refractivity contribution in [2.45, 2.75) is 54.4 Å². The maximum absolute atomic E-state index is 10.6. The predicted molar refractivity (Wildman–Crippen MR) is 102 cm³/mol. The van der Waals surface area contributed by atoms with E-state index in [4.69, 9.17) is 18.9 Å². The largest absolute Gasteiger partial charge is 0.379 e. The number of rotatable bonds is 15. The second-order valence-corrected chi connectivity index (χ2v) is 4.29. The quantitative estimate of drug-likeness (QED) is 0.458. The highest BCUT2D eigenvalue weighted by Crippen LogP contribution is 1.88. The van der Waals surface area contributed by atoms with Crippen LogP contribution in [0.5, 0.6) is 0 Å². The Labute approximate surface area is 151 Å². The van der Waals surface area contributed by atoms with Gasteiger partial charge in [0.1, 0.15) is 0 Å². The summed E-state index contributed by atoms with van der Waals surface area (Å²) in [5, 5.41) is 2.65. The SMILES string of the molecule is CC.CC.CCCCOCCOCCOCCOCCNC(C)=O.[HH]. The lowest BCUT2D eigenvalue weighted by Gasteiger charge is -2.07. The van der Waals surface area contributed by atoms with E-state index in [1.54, 1.807) is 0 Å². The summed E-state index contributed by atoms with van der Waals surface area (Å²) < 4.78 is 21.3. The minimum absolute atomic E-state index is 0. The van der Waals surface area contributed by atoms with Gasteiger partial charge < -0.3 is 24.3 Å². The molecular weight excluding hydrogens is 310 g/mol. The highest BCUT2D eigenvalue weighted by molar-refractivity contribution is 5.72. The zero-order valence-corrected chi connectivity index (χ0v) is 16.8. The molecule has 24 heavy (non-hydrogen) atoms. The molecule has 0 unspecified atom stereocenters. The fourth-order valence-corrected chi connectivity index (χ4v) is 1.31. The Hall–Kier alpha value is -0.690. The summed E-state index contributed by atoms with van der Waals surface area (Å²) in [5.74, 6) is -0.0410. The maximum atomic E-state index is 10.6. The number of hydrogen-bond acceptors (Lipinski definition) is 5. The van der Waals surface area contributed by atoms with Gasteiger partial charge in [-0.15, -0.1) is 0 Å². The third-order valence-electron chi connectivity index (χ3n) is 2.38. The van der Waals surface area contributed by atoms with E-state index in [1.807, 2.05) is 27.7 Å². The molecule has 0 radical (unpaired) electrons. The number of nitrogens with one attached hydrogen (secondary N) is 1. The number of carbonyl (C=O) groups is 1. The molecule has 0 aromatic heterocycles. The molecule has 150 valence electrons. The smallest absolute Gasteiger partial charge is 0.216 e. The molecule has 6 nitrogen and oxygen atoms in total. The van der Waals surface area contributed by atoms with Gasteiger partial charge in [-0.1, -0.05) is 41.0 Å². The van der Waals surface area contributed by atoms with Crippen LogP contribution in [0.4, 0.5) is 0 Å². The normalized spacial score (nSPS) is 9.42. The topological polar surface area (TPSA) is 66.0 Å². The van der Waals surface area contributed by atoms with Crippen molar-refractivity contribution in [3.8, 4) is 0 Å². The summed E-state index contributed by atoms with van der Waals surface area (Å²) in [6.45, 7) is 16.9. The number of carbonyl (C=O) groups excluding carboxylic acids is 1. The van der Waals surface area contributed by atoms with Gasteiger partial charge in [0.25, 0.3) is 0 Å². The van der Waals surface area contributed by atoms with Crippen molar-refractivity contribution in [2.24, 2.45) is 0 Å². The lowest BCUT2D eigenvalue weighted by atomic mass is 10.4. The van der Waals surface area contributed by atoms with Gasteiger partial charge in [0.05, 0.1) is 46.2 Å². The first-order valence-corrected chi connectivity index (χ1v) is 9.32. The van der Waals surface area contributed by atoms with Crippen molar-refractivity contribution >= 4 is 5.91 Å². The van der Waals surface area contributed by atoms with Gasteiger partial charge in [0, 0.05) is 21.5 Å². The van der Waals surface area contributed by atoms with E-state index in [9.17, 15) is 4.79 Å². The summed E-state index contributed by atoms with van der Waals surface area (Å²) in [6.07, 6.45) is 2.26. The first-order valence-electron chi connectivity index (χ1n) is 9.32. The van der Waals surface area contributed by atoms with Crippen LogP contribution >= 0.6 is 0 Å². The van der Waals surface area contributed by atoms with Crippen LogP contribution in [0.1, 0.15) is 55.8 Å². The molecular formula is C18H43NO5. The maximum Gasteiger partial charge on any atom is 0.216 e. The van der Waals surface area contributed by atoms with Crippen LogP contribution in [0.2, 0.25) is 0 Å². The Morgan fingerprint density at radius 2 is 1.12 bits per heavy atom. The van der Waals surface area contributed by atoms with Gasteiger partial charge in [-0.2, -0.15) is 0 Å². The van der Waals surface area contributed by atoms with Gasteiger partial charge in [0.15, 0.2) is 0 Å². The van der Waals surface area contributed by atoms with E-state index in [1.165, 1.54) is 6.92 Å². The van der Waals surface area contributed by atoms with Crippen molar-refractivity contribution in [2.75, 3.05) is 59.4 Å². The Kier molecular flexibility index (Phi) is 35.4. The summed E-state index contributed by atoms with van der Waals surface area (Å²) >= 11 is 0. The molecule has 0 aromatic carbocycles. The third-order valence-corrected chi connectivity index (χ3v) is 2.38. The standard InChI is InChI=1S/C14H29NO5.2C2H6.H2/c1-3-4-6-17-8-10-19-12-13-20-11-9-18-7-5-15-14(2)16;2*1-2;/h3-13H2,1-2H3,(H,15,16);2*1-2H3;1H. The predicted octanol–water partition coefficient (Wildman–Crippen LogP) is 3.29. The van der Waals surface area contributed by atoms with Crippen molar-refractivity contribution in [3.63, 3.8) is 0 Å². The molecule has 0 saturated carbocycles. The molecule has 0 aromatic rings. The lowest BCUT2D eigenvalue weighted by molar-refractivity contribution is -0.119. The van der Waals surface area contributed by atoms with Gasteiger partial charge in [-0.05, 0) is 6.42 Å². The van der Waals surface area contributed by atoms with Crippen LogP contribution in [0, 0.1) is 0 Å². The average Bonchev–Trinajstić information content (AvgIpc) is 2.61. The minimum Gasteiger partial charge on any atom is -0.379 e. The van der Waals surface area contributed by atoms with Crippen molar-refractivity contribution in [3.05, 3.63) is 0 Å². The van der Waals surface area contributed by atoms with E-state index < -0.39 is 0 Å². The first-order chi connectivity index (χ1) is 11.8. The molecule has 0 aliphatic carbocycles. The van der Waals surface area contributed by atoms with Crippen LogP contribution in [0.3, 0.4) is 0 Å². The fourth-order valence-electron chi connectivity index (χ4n) is 1.31.